The first-order valence-corrected chi connectivity index (χ1v) is 7.07. The van der Waals surface area contributed by atoms with E-state index in [4.69, 9.17) is 23.2 Å². The van der Waals surface area contributed by atoms with E-state index < -0.39 is 22.8 Å². The summed E-state index contributed by atoms with van der Waals surface area (Å²) in [5.74, 6) is -2.21. The number of carboxylic acids is 2. The van der Waals surface area contributed by atoms with Crippen molar-refractivity contribution in [3.8, 4) is 0 Å². The molecule has 0 aliphatic heterocycles. The number of hydrogen-bond acceptors (Lipinski definition) is 2. The van der Waals surface area contributed by atoms with Crippen LogP contribution in [-0.2, 0) is 15.0 Å². The molecule has 1 aliphatic rings. The van der Waals surface area contributed by atoms with Crippen LogP contribution in [0.4, 0.5) is 0 Å². The highest BCUT2D eigenvalue weighted by atomic mass is 35.5. The van der Waals surface area contributed by atoms with Gasteiger partial charge in [0.1, 0.15) is 5.41 Å². The zero-order valence-electron chi connectivity index (χ0n) is 11.3. The molecule has 1 aromatic carbocycles. The SMILES string of the molecule is CC1(C(=O)O)CC=CC(C(=O)O)(c2c(Cl)cccc2Cl)C1. The van der Waals surface area contributed by atoms with Gasteiger partial charge in [0.2, 0.25) is 0 Å². The van der Waals surface area contributed by atoms with E-state index in [1.54, 1.807) is 24.3 Å². The zero-order chi connectivity index (χ0) is 15.8. The van der Waals surface area contributed by atoms with E-state index in [0.29, 0.717) is 0 Å². The Morgan fingerprint density at radius 1 is 1.14 bits per heavy atom. The maximum Gasteiger partial charge on any atom is 0.318 e. The smallest absolute Gasteiger partial charge is 0.318 e. The molecule has 0 spiro atoms. The van der Waals surface area contributed by atoms with Crippen molar-refractivity contribution in [1.82, 2.24) is 0 Å². The molecular weight excluding hydrogens is 315 g/mol. The number of allylic oxidation sites excluding steroid dienone is 1. The van der Waals surface area contributed by atoms with Crippen molar-refractivity contribution >= 4 is 35.1 Å². The maximum atomic E-state index is 11.9. The average molecular weight is 329 g/mol. The predicted octanol–water partition coefficient (Wildman–Crippen LogP) is 3.76. The van der Waals surface area contributed by atoms with Crippen LogP contribution in [0.25, 0.3) is 0 Å². The van der Waals surface area contributed by atoms with Crippen molar-refractivity contribution in [3.63, 3.8) is 0 Å². The van der Waals surface area contributed by atoms with E-state index in [0.717, 1.165) is 0 Å². The second-order valence-corrected chi connectivity index (χ2v) is 6.34. The number of rotatable bonds is 3. The van der Waals surface area contributed by atoms with Crippen molar-refractivity contribution in [2.24, 2.45) is 5.41 Å². The topological polar surface area (TPSA) is 74.6 Å². The van der Waals surface area contributed by atoms with Crippen LogP contribution in [-0.4, -0.2) is 22.2 Å². The molecule has 2 unspecified atom stereocenters. The van der Waals surface area contributed by atoms with Gasteiger partial charge in [0, 0.05) is 15.6 Å². The summed E-state index contributed by atoms with van der Waals surface area (Å²) in [6, 6.07) is 4.72. The molecular formula is C15H14Cl2O4. The van der Waals surface area contributed by atoms with Crippen molar-refractivity contribution < 1.29 is 19.8 Å². The molecule has 0 aromatic heterocycles. The van der Waals surface area contributed by atoms with E-state index in [1.165, 1.54) is 13.0 Å². The Labute approximate surface area is 132 Å². The van der Waals surface area contributed by atoms with Gasteiger partial charge in [-0.2, -0.15) is 0 Å². The minimum Gasteiger partial charge on any atom is -0.481 e. The molecule has 0 saturated heterocycles. The second-order valence-electron chi connectivity index (χ2n) is 5.52. The van der Waals surface area contributed by atoms with Gasteiger partial charge < -0.3 is 10.2 Å². The lowest BCUT2D eigenvalue weighted by Crippen LogP contribution is -2.45. The largest absolute Gasteiger partial charge is 0.481 e. The van der Waals surface area contributed by atoms with Gasteiger partial charge in [0.05, 0.1) is 5.41 Å². The minimum atomic E-state index is -1.54. The number of carboxylic acid groups (broad SMARTS) is 2. The van der Waals surface area contributed by atoms with Gasteiger partial charge in [-0.25, -0.2) is 0 Å². The molecule has 2 N–H and O–H groups in total. The molecule has 6 heteroatoms. The number of carbonyl (C=O) groups is 2. The van der Waals surface area contributed by atoms with Gasteiger partial charge in [0.25, 0.3) is 0 Å². The van der Waals surface area contributed by atoms with Gasteiger partial charge in [0.15, 0.2) is 0 Å². The first-order valence-electron chi connectivity index (χ1n) is 6.32. The molecule has 21 heavy (non-hydrogen) atoms. The van der Waals surface area contributed by atoms with E-state index in [9.17, 15) is 19.8 Å². The predicted molar refractivity (Wildman–Crippen MR) is 79.9 cm³/mol. The molecule has 112 valence electrons. The van der Waals surface area contributed by atoms with Crippen molar-refractivity contribution in [2.75, 3.05) is 0 Å². The molecule has 0 saturated carbocycles. The van der Waals surface area contributed by atoms with Crippen LogP contribution in [0.5, 0.6) is 0 Å². The molecule has 0 heterocycles. The fraction of sp³-hybridized carbons (Fsp3) is 0.333. The third-order valence-corrected chi connectivity index (χ3v) is 4.58. The lowest BCUT2D eigenvalue weighted by atomic mass is 9.63. The summed E-state index contributed by atoms with van der Waals surface area (Å²) < 4.78 is 0. The van der Waals surface area contributed by atoms with Crippen LogP contribution in [0.3, 0.4) is 0 Å². The summed E-state index contributed by atoms with van der Waals surface area (Å²) in [5, 5.41) is 19.6. The fourth-order valence-corrected chi connectivity index (χ4v) is 3.51. The Balaban J connectivity index is 2.69. The van der Waals surface area contributed by atoms with Gasteiger partial charge in [-0.05, 0) is 31.9 Å². The van der Waals surface area contributed by atoms with Crippen LogP contribution >= 0.6 is 23.2 Å². The monoisotopic (exact) mass is 328 g/mol. The third kappa shape index (κ3) is 2.54. The van der Waals surface area contributed by atoms with Gasteiger partial charge in [-0.3, -0.25) is 9.59 Å². The van der Waals surface area contributed by atoms with Crippen LogP contribution in [0.1, 0.15) is 25.3 Å². The molecule has 0 radical (unpaired) electrons. The summed E-state index contributed by atoms with van der Waals surface area (Å²) in [7, 11) is 0. The lowest BCUT2D eigenvalue weighted by molar-refractivity contribution is -0.152. The number of hydrogen-bond donors (Lipinski definition) is 2. The molecule has 1 aliphatic carbocycles. The van der Waals surface area contributed by atoms with Crippen LogP contribution in [0, 0.1) is 5.41 Å². The summed E-state index contributed by atoms with van der Waals surface area (Å²) >= 11 is 12.3. The van der Waals surface area contributed by atoms with Crippen LogP contribution in [0.2, 0.25) is 10.0 Å². The van der Waals surface area contributed by atoms with Crippen molar-refractivity contribution in [3.05, 3.63) is 46.0 Å². The van der Waals surface area contributed by atoms with Gasteiger partial charge in [-0.15, -0.1) is 0 Å². The fourth-order valence-electron chi connectivity index (χ4n) is 2.78. The van der Waals surface area contributed by atoms with Crippen molar-refractivity contribution in [2.45, 2.75) is 25.2 Å². The Kier molecular flexibility index (Phi) is 4.04. The number of aliphatic carboxylic acids is 2. The van der Waals surface area contributed by atoms with Crippen LogP contribution < -0.4 is 0 Å². The first-order chi connectivity index (χ1) is 9.73. The molecule has 0 amide bonds. The lowest BCUT2D eigenvalue weighted by Gasteiger charge is -2.38. The van der Waals surface area contributed by atoms with E-state index in [1.807, 2.05) is 0 Å². The van der Waals surface area contributed by atoms with Gasteiger partial charge in [-0.1, -0.05) is 41.4 Å². The maximum absolute atomic E-state index is 11.9. The quantitative estimate of drug-likeness (QED) is 0.828. The Morgan fingerprint density at radius 2 is 1.71 bits per heavy atom. The summed E-state index contributed by atoms with van der Waals surface area (Å²) in [5.41, 5.74) is -2.49. The van der Waals surface area contributed by atoms with E-state index >= 15 is 0 Å². The highest BCUT2D eigenvalue weighted by Crippen LogP contribution is 2.48. The van der Waals surface area contributed by atoms with Crippen molar-refractivity contribution in [1.29, 1.82) is 0 Å². The molecule has 0 bridgehead atoms. The number of halogens is 2. The second kappa shape index (κ2) is 5.35. The molecule has 0 fully saturated rings. The highest BCUT2D eigenvalue weighted by molar-refractivity contribution is 6.36. The zero-order valence-corrected chi connectivity index (χ0v) is 12.8. The molecule has 4 nitrogen and oxygen atoms in total. The Bertz CT molecular complexity index is 620. The van der Waals surface area contributed by atoms with Crippen LogP contribution in [0.15, 0.2) is 30.4 Å². The normalized spacial score (nSPS) is 28.3. The van der Waals surface area contributed by atoms with Gasteiger partial charge >= 0.3 is 11.9 Å². The van der Waals surface area contributed by atoms with E-state index in [2.05, 4.69) is 0 Å². The number of benzene rings is 1. The Hall–Kier alpha value is -1.52. The summed E-state index contributed by atoms with van der Waals surface area (Å²) in [4.78, 5) is 23.4. The standard InChI is InChI=1S/C15H14Cl2O4/c1-14(12(18)19)6-3-7-15(8-14,13(20)21)11-9(16)4-2-5-10(11)17/h2-5,7H,6,8H2,1H3,(H,18,19)(H,20,21). The minimum absolute atomic E-state index is 0.107. The molecule has 2 rings (SSSR count). The Morgan fingerprint density at radius 3 is 2.19 bits per heavy atom. The highest BCUT2D eigenvalue weighted by Gasteiger charge is 2.51. The van der Waals surface area contributed by atoms with E-state index in [-0.39, 0.29) is 28.5 Å². The first kappa shape index (κ1) is 15.9. The third-order valence-electron chi connectivity index (χ3n) is 3.95. The molecule has 1 aromatic rings. The summed E-state index contributed by atoms with van der Waals surface area (Å²) in [6.45, 7) is 1.53. The average Bonchev–Trinajstić information content (AvgIpc) is 2.38. The summed E-state index contributed by atoms with van der Waals surface area (Å²) in [6.07, 6.45) is 3.22. The molecule has 2 atom stereocenters.